The first-order chi connectivity index (χ1) is 10.3. The number of nitrogens with one attached hydrogen (secondary N) is 1. The van der Waals surface area contributed by atoms with Crippen LogP contribution in [0.5, 0.6) is 0 Å². The number of nitrogens with zero attached hydrogens (tertiary/aromatic N) is 1. The van der Waals surface area contributed by atoms with E-state index in [-0.39, 0.29) is 6.04 Å². The molecule has 2 nitrogen and oxygen atoms in total. The van der Waals surface area contributed by atoms with Gasteiger partial charge in [0.15, 0.2) is 0 Å². The van der Waals surface area contributed by atoms with E-state index in [1.54, 1.807) is 0 Å². The predicted octanol–water partition coefficient (Wildman–Crippen LogP) is 4.56. The second-order valence-corrected chi connectivity index (χ2v) is 6.05. The summed E-state index contributed by atoms with van der Waals surface area (Å²) in [5.74, 6) is 0. The Morgan fingerprint density at radius 2 is 2.00 bits per heavy atom. The third-order valence-electron chi connectivity index (χ3n) is 3.84. The standard InChI is InChI=1S/C18H20N2S/c1-3-13-9-10-21-18(13)17(20-4-2)16-12-19-11-14-7-5-6-8-15(14)16/h5-12,17,20H,3-4H2,1-2H3. The highest BCUT2D eigenvalue weighted by molar-refractivity contribution is 7.10. The Kier molecular flexibility index (Phi) is 4.32. The average molecular weight is 296 g/mol. The molecule has 21 heavy (non-hydrogen) atoms. The Bertz CT molecular complexity index is 727. The molecule has 3 rings (SSSR count). The predicted molar refractivity (Wildman–Crippen MR) is 91.0 cm³/mol. The Morgan fingerprint density at radius 3 is 2.81 bits per heavy atom. The highest BCUT2D eigenvalue weighted by atomic mass is 32.1. The summed E-state index contributed by atoms with van der Waals surface area (Å²) in [4.78, 5) is 5.86. The summed E-state index contributed by atoms with van der Waals surface area (Å²) < 4.78 is 0. The minimum absolute atomic E-state index is 0.226. The number of thiophene rings is 1. The molecular weight excluding hydrogens is 276 g/mol. The topological polar surface area (TPSA) is 24.9 Å². The van der Waals surface area contributed by atoms with Crippen molar-refractivity contribution < 1.29 is 0 Å². The van der Waals surface area contributed by atoms with Gasteiger partial charge in [-0.2, -0.15) is 0 Å². The van der Waals surface area contributed by atoms with Crippen LogP contribution in [0, 0.1) is 0 Å². The first kappa shape index (κ1) is 14.2. The summed E-state index contributed by atoms with van der Waals surface area (Å²) in [6.07, 6.45) is 5.02. The third-order valence-corrected chi connectivity index (χ3v) is 4.87. The van der Waals surface area contributed by atoms with Gasteiger partial charge < -0.3 is 5.32 Å². The van der Waals surface area contributed by atoms with Gasteiger partial charge in [-0.1, -0.05) is 38.1 Å². The number of aromatic nitrogens is 1. The molecule has 0 amide bonds. The van der Waals surface area contributed by atoms with Gasteiger partial charge in [0.1, 0.15) is 0 Å². The van der Waals surface area contributed by atoms with Gasteiger partial charge >= 0.3 is 0 Å². The molecule has 108 valence electrons. The van der Waals surface area contributed by atoms with Crippen LogP contribution in [0.3, 0.4) is 0 Å². The van der Waals surface area contributed by atoms with Crippen molar-refractivity contribution in [1.82, 2.24) is 10.3 Å². The Labute approximate surface area is 129 Å². The van der Waals surface area contributed by atoms with Gasteiger partial charge in [0, 0.05) is 28.2 Å². The van der Waals surface area contributed by atoms with E-state index in [1.807, 2.05) is 23.7 Å². The number of benzene rings is 1. The van der Waals surface area contributed by atoms with E-state index in [9.17, 15) is 0 Å². The van der Waals surface area contributed by atoms with Gasteiger partial charge in [0.25, 0.3) is 0 Å². The van der Waals surface area contributed by atoms with Crippen LogP contribution in [0.1, 0.15) is 35.9 Å². The van der Waals surface area contributed by atoms with E-state index in [1.165, 1.54) is 26.8 Å². The largest absolute Gasteiger partial charge is 0.306 e. The first-order valence-corrected chi connectivity index (χ1v) is 8.35. The molecule has 2 aromatic heterocycles. The van der Waals surface area contributed by atoms with Gasteiger partial charge in [-0.3, -0.25) is 4.98 Å². The van der Waals surface area contributed by atoms with Gasteiger partial charge in [-0.05, 0) is 35.4 Å². The fourth-order valence-corrected chi connectivity index (χ4v) is 3.90. The molecule has 1 N–H and O–H groups in total. The first-order valence-electron chi connectivity index (χ1n) is 7.47. The summed E-state index contributed by atoms with van der Waals surface area (Å²) in [6.45, 7) is 5.32. The highest BCUT2D eigenvalue weighted by Gasteiger charge is 2.19. The number of hydrogen-bond donors (Lipinski definition) is 1. The van der Waals surface area contributed by atoms with Gasteiger partial charge in [0.05, 0.1) is 6.04 Å². The molecule has 1 aromatic carbocycles. The summed E-state index contributed by atoms with van der Waals surface area (Å²) in [6, 6.07) is 11.0. The zero-order valence-electron chi connectivity index (χ0n) is 12.5. The number of pyridine rings is 1. The second kappa shape index (κ2) is 6.37. The van der Waals surface area contributed by atoms with E-state index in [4.69, 9.17) is 0 Å². The lowest BCUT2D eigenvalue weighted by Crippen LogP contribution is -2.22. The van der Waals surface area contributed by atoms with Crippen molar-refractivity contribution in [3.63, 3.8) is 0 Å². The van der Waals surface area contributed by atoms with Gasteiger partial charge in [0.2, 0.25) is 0 Å². The smallest absolute Gasteiger partial charge is 0.0695 e. The molecule has 0 radical (unpaired) electrons. The molecule has 0 aliphatic rings. The molecule has 0 spiro atoms. The molecule has 3 aromatic rings. The zero-order chi connectivity index (χ0) is 14.7. The lowest BCUT2D eigenvalue weighted by Gasteiger charge is -2.20. The third kappa shape index (κ3) is 2.71. The quantitative estimate of drug-likeness (QED) is 0.746. The molecule has 0 bridgehead atoms. The molecule has 1 atom stereocenters. The van der Waals surface area contributed by atoms with Crippen molar-refractivity contribution >= 4 is 22.1 Å². The molecular formula is C18H20N2S. The molecule has 0 aliphatic heterocycles. The van der Waals surface area contributed by atoms with Crippen LogP contribution in [0.25, 0.3) is 10.8 Å². The lowest BCUT2D eigenvalue weighted by atomic mass is 9.98. The van der Waals surface area contributed by atoms with Gasteiger partial charge in [-0.15, -0.1) is 11.3 Å². The lowest BCUT2D eigenvalue weighted by molar-refractivity contribution is 0.637. The Morgan fingerprint density at radius 1 is 1.14 bits per heavy atom. The summed E-state index contributed by atoms with van der Waals surface area (Å²) in [5, 5.41) is 8.32. The summed E-state index contributed by atoms with van der Waals surface area (Å²) in [5.41, 5.74) is 2.70. The molecule has 0 saturated carbocycles. The fourth-order valence-electron chi connectivity index (χ4n) is 2.81. The van der Waals surface area contributed by atoms with Crippen LogP contribution in [-0.4, -0.2) is 11.5 Å². The van der Waals surface area contributed by atoms with Crippen LogP contribution < -0.4 is 5.32 Å². The van der Waals surface area contributed by atoms with E-state index in [0.29, 0.717) is 0 Å². The number of fused-ring (bicyclic) bond motifs is 1. The normalized spacial score (nSPS) is 12.7. The highest BCUT2D eigenvalue weighted by Crippen LogP contribution is 2.33. The van der Waals surface area contributed by atoms with Crippen molar-refractivity contribution in [2.24, 2.45) is 0 Å². The molecule has 0 aliphatic carbocycles. The van der Waals surface area contributed by atoms with Crippen LogP contribution in [0.2, 0.25) is 0 Å². The van der Waals surface area contributed by atoms with Crippen molar-refractivity contribution in [1.29, 1.82) is 0 Å². The maximum absolute atomic E-state index is 4.45. The van der Waals surface area contributed by atoms with Crippen molar-refractivity contribution in [3.8, 4) is 0 Å². The van der Waals surface area contributed by atoms with E-state index in [0.717, 1.165) is 13.0 Å². The second-order valence-electron chi connectivity index (χ2n) is 5.10. The minimum Gasteiger partial charge on any atom is -0.306 e. The average Bonchev–Trinajstić information content (AvgIpc) is 3.00. The van der Waals surface area contributed by atoms with Crippen LogP contribution in [0.4, 0.5) is 0 Å². The van der Waals surface area contributed by atoms with E-state index in [2.05, 4.69) is 59.9 Å². The summed E-state index contributed by atoms with van der Waals surface area (Å²) >= 11 is 1.84. The molecule has 3 heteroatoms. The van der Waals surface area contributed by atoms with Gasteiger partial charge in [-0.25, -0.2) is 0 Å². The number of aryl methyl sites for hydroxylation is 1. The maximum atomic E-state index is 4.45. The monoisotopic (exact) mass is 296 g/mol. The molecule has 2 heterocycles. The SMILES string of the molecule is CCNC(c1sccc1CC)c1cncc2ccccc12. The van der Waals surface area contributed by atoms with Crippen LogP contribution in [0.15, 0.2) is 48.1 Å². The van der Waals surface area contributed by atoms with Crippen LogP contribution >= 0.6 is 11.3 Å². The van der Waals surface area contributed by atoms with Crippen molar-refractivity contribution in [2.75, 3.05) is 6.54 Å². The zero-order valence-corrected chi connectivity index (χ0v) is 13.3. The molecule has 0 saturated heterocycles. The Hall–Kier alpha value is -1.71. The molecule has 1 unspecified atom stereocenters. The number of rotatable bonds is 5. The van der Waals surface area contributed by atoms with E-state index >= 15 is 0 Å². The van der Waals surface area contributed by atoms with Crippen molar-refractivity contribution in [3.05, 3.63) is 64.1 Å². The minimum atomic E-state index is 0.226. The number of hydrogen-bond acceptors (Lipinski definition) is 3. The summed E-state index contributed by atoms with van der Waals surface area (Å²) in [7, 11) is 0. The maximum Gasteiger partial charge on any atom is 0.0695 e. The van der Waals surface area contributed by atoms with E-state index < -0.39 is 0 Å². The molecule has 0 fully saturated rings. The van der Waals surface area contributed by atoms with Crippen molar-refractivity contribution in [2.45, 2.75) is 26.3 Å². The Balaban J connectivity index is 2.16. The fraction of sp³-hybridized carbons (Fsp3) is 0.278. The van der Waals surface area contributed by atoms with Crippen LogP contribution in [-0.2, 0) is 6.42 Å².